The molecule has 0 radical (unpaired) electrons. The fourth-order valence-electron chi connectivity index (χ4n) is 2.44. The molecule has 94 valence electrons. The van der Waals surface area contributed by atoms with Crippen molar-refractivity contribution in [3.8, 4) is 0 Å². The molecule has 3 nitrogen and oxygen atoms in total. The van der Waals surface area contributed by atoms with E-state index < -0.39 is 0 Å². The molecule has 0 amide bonds. The molecule has 0 aliphatic heterocycles. The number of rotatable bonds is 6. The maximum Gasteiger partial charge on any atom is 0.127 e. The molecule has 0 aromatic carbocycles. The third-order valence-electron chi connectivity index (χ3n) is 3.95. The average molecular weight is 233 g/mol. The van der Waals surface area contributed by atoms with E-state index in [-0.39, 0.29) is 0 Å². The zero-order valence-electron chi connectivity index (χ0n) is 10.9. The van der Waals surface area contributed by atoms with Gasteiger partial charge in [-0.05, 0) is 37.7 Å². The highest BCUT2D eigenvalue weighted by Gasteiger charge is 2.34. The van der Waals surface area contributed by atoms with Gasteiger partial charge in [-0.3, -0.25) is 0 Å². The van der Waals surface area contributed by atoms with Crippen LogP contribution >= 0.6 is 0 Å². The Labute approximate surface area is 104 Å². The van der Waals surface area contributed by atoms with Crippen LogP contribution in [-0.4, -0.2) is 18.1 Å². The van der Waals surface area contributed by atoms with E-state index in [0.717, 1.165) is 18.9 Å². The highest BCUT2D eigenvalue weighted by atomic mass is 15.0. The topological polar surface area (TPSA) is 37.0 Å². The van der Waals surface area contributed by atoms with E-state index in [1.165, 1.54) is 31.4 Å². The Balaban J connectivity index is 1.92. The fraction of sp³-hybridized carbons (Fsp3) is 0.643. The molecule has 1 heterocycles. The second-order valence-electron chi connectivity index (χ2n) is 5.02. The number of aromatic nitrogens is 1. The smallest absolute Gasteiger partial charge is 0.127 e. The Bertz CT molecular complexity index is 353. The summed E-state index contributed by atoms with van der Waals surface area (Å²) in [6.07, 6.45) is 7.29. The van der Waals surface area contributed by atoms with Gasteiger partial charge in [0.05, 0.1) is 0 Å². The summed E-state index contributed by atoms with van der Waals surface area (Å²) >= 11 is 0. The third kappa shape index (κ3) is 2.90. The number of hydrogen-bond acceptors (Lipinski definition) is 3. The molecule has 0 saturated heterocycles. The normalized spacial score (nSPS) is 17.3. The van der Waals surface area contributed by atoms with E-state index >= 15 is 0 Å². The SMILES string of the molecule is CCNc1cc(NCC2(CC)CCC2)ccn1. The van der Waals surface area contributed by atoms with E-state index in [4.69, 9.17) is 0 Å². The predicted molar refractivity (Wildman–Crippen MR) is 73.5 cm³/mol. The first-order chi connectivity index (χ1) is 8.28. The van der Waals surface area contributed by atoms with Crippen molar-refractivity contribution in [1.82, 2.24) is 4.98 Å². The van der Waals surface area contributed by atoms with Crippen molar-refractivity contribution in [3.63, 3.8) is 0 Å². The maximum absolute atomic E-state index is 4.28. The molecule has 0 bridgehead atoms. The van der Waals surface area contributed by atoms with Gasteiger partial charge in [-0.1, -0.05) is 13.3 Å². The van der Waals surface area contributed by atoms with Gasteiger partial charge in [-0.2, -0.15) is 0 Å². The van der Waals surface area contributed by atoms with Crippen LogP contribution in [0.5, 0.6) is 0 Å². The van der Waals surface area contributed by atoms with Crippen molar-refractivity contribution in [2.75, 3.05) is 23.7 Å². The molecule has 0 atom stereocenters. The molecule has 3 heteroatoms. The zero-order valence-corrected chi connectivity index (χ0v) is 10.9. The Kier molecular flexibility index (Phi) is 3.87. The van der Waals surface area contributed by atoms with Gasteiger partial charge in [-0.25, -0.2) is 4.98 Å². The molecule has 2 rings (SSSR count). The molecule has 1 fully saturated rings. The summed E-state index contributed by atoms with van der Waals surface area (Å²) < 4.78 is 0. The van der Waals surface area contributed by atoms with Gasteiger partial charge in [-0.15, -0.1) is 0 Å². The molecule has 1 aromatic heterocycles. The Morgan fingerprint density at radius 1 is 1.29 bits per heavy atom. The first-order valence-electron chi connectivity index (χ1n) is 6.72. The van der Waals surface area contributed by atoms with E-state index in [1.807, 2.05) is 12.3 Å². The van der Waals surface area contributed by atoms with Gasteiger partial charge < -0.3 is 10.6 Å². The molecule has 1 aliphatic carbocycles. The van der Waals surface area contributed by atoms with Gasteiger partial charge in [0.1, 0.15) is 5.82 Å². The highest BCUT2D eigenvalue weighted by Crippen LogP contribution is 2.43. The van der Waals surface area contributed by atoms with Gasteiger partial charge in [0.2, 0.25) is 0 Å². The summed E-state index contributed by atoms with van der Waals surface area (Å²) in [6.45, 7) is 6.40. The fourth-order valence-corrected chi connectivity index (χ4v) is 2.44. The Hall–Kier alpha value is -1.25. The van der Waals surface area contributed by atoms with E-state index in [2.05, 4.69) is 35.5 Å². The largest absolute Gasteiger partial charge is 0.384 e. The number of nitrogens with zero attached hydrogens (tertiary/aromatic N) is 1. The van der Waals surface area contributed by atoms with Gasteiger partial charge in [0, 0.05) is 31.0 Å². The van der Waals surface area contributed by atoms with Crippen LogP contribution in [0.3, 0.4) is 0 Å². The van der Waals surface area contributed by atoms with Crippen molar-refractivity contribution < 1.29 is 0 Å². The third-order valence-corrected chi connectivity index (χ3v) is 3.95. The minimum Gasteiger partial charge on any atom is -0.384 e. The lowest BCUT2D eigenvalue weighted by Gasteiger charge is -2.41. The van der Waals surface area contributed by atoms with Crippen molar-refractivity contribution >= 4 is 11.5 Å². The minimum absolute atomic E-state index is 0.557. The van der Waals surface area contributed by atoms with Crippen molar-refractivity contribution in [2.45, 2.75) is 39.5 Å². The molecule has 17 heavy (non-hydrogen) atoms. The highest BCUT2D eigenvalue weighted by molar-refractivity contribution is 5.51. The standard InChI is InChI=1S/C14H23N3/c1-3-14(7-5-8-14)11-17-12-6-9-16-13(10-12)15-4-2/h6,9-10H,3-5,7-8,11H2,1-2H3,(H2,15,16,17). The lowest BCUT2D eigenvalue weighted by molar-refractivity contribution is 0.145. The predicted octanol–water partition coefficient (Wildman–Crippen LogP) is 3.51. The molecular weight excluding hydrogens is 210 g/mol. The summed E-state index contributed by atoms with van der Waals surface area (Å²) in [7, 11) is 0. The first kappa shape index (κ1) is 12.2. The van der Waals surface area contributed by atoms with Crippen LogP contribution in [0, 0.1) is 5.41 Å². The molecule has 1 saturated carbocycles. The van der Waals surface area contributed by atoms with Crippen LogP contribution in [-0.2, 0) is 0 Å². The summed E-state index contributed by atoms with van der Waals surface area (Å²) in [5, 5.41) is 6.79. The van der Waals surface area contributed by atoms with Gasteiger partial charge in [0.25, 0.3) is 0 Å². The van der Waals surface area contributed by atoms with Crippen molar-refractivity contribution in [3.05, 3.63) is 18.3 Å². The van der Waals surface area contributed by atoms with Crippen LogP contribution in [0.15, 0.2) is 18.3 Å². The van der Waals surface area contributed by atoms with E-state index in [0.29, 0.717) is 5.41 Å². The van der Waals surface area contributed by atoms with Crippen LogP contribution in [0.1, 0.15) is 39.5 Å². The second kappa shape index (κ2) is 5.39. The van der Waals surface area contributed by atoms with E-state index in [1.54, 1.807) is 0 Å². The van der Waals surface area contributed by atoms with Gasteiger partial charge in [0.15, 0.2) is 0 Å². The minimum atomic E-state index is 0.557. The van der Waals surface area contributed by atoms with Crippen molar-refractivity contribution in [2.24, 2.45) is 5.41 Å². The number of hydrogen-bond donors (Lipinski definition) is 2. The maximum atomic E-state index is 4.28. The lowest BCUT2D eigenvalue weighted by atomic mass is 9.67. The summed E-state index contributed by atoms with van der Waals surface area (Å²) in [4.78, 5) is 4.28. The van der Waals surface area contributed by atoms with Crippen LogP contribution in [0.2, 0.25) is 0 Å². The average Bonchev–Trinajstić information content (AvgIpc) is 2.29. The first-order valence-corrected chi connectivity index (χ1v) is 6.72. The van der Waals surface area contributed by atoms with E-state index in [9.17, 15) is 0 Å². The number of anilines is 2. The monoisotopic (exact) mass is 233 g/mol. The lowest BCUT2D eigenvalue weighted by Crippen LogP contribution is -2.35. The second-order valence-corrected chi connectivity index (χ2v) is 5.02. The van der Waals surface area contributed by atoms with Crippen LogP contribution in [0.4, 0.5) is 11.5 Å². The summed E-state index contributed by atoms with van der Waals surface area (Å²) in [6, 6.07) is 4.13. The molecule has 1 aromatic rings. The molecular formula is C14H23N3. The van der Waals surface area contributed by atoms with Crippen LogP contribution < -0.4 is 10.6 Å². The Morgan fingerprint density at radius 3 is 2.71 bits per heavy atom. The molecule has 0 spiro atoms. The molecule has 2 N–H and O–H groups in total. The summed E-state index contributed by atoms with van der Waals surface area (Å²) in [5.41, 5.74) is 1.73. The van der Waals surface area contributed by atoms with Gasteiger partial charge >= 0.3 is 0 Å². The number of nitrogens with one attached hydrogen (secondary N) is 2. The number of pyridine rings is 1. The van der Waals surface area contributed by atoms with Crippen LogP contribution in [0.25, 0.3) is 0 Å². The Morgan fingerprint density at radius 2 is 2.12 bits per heavy atom. The zero-order chi connectivity index (χ0) is 12.1. The van der Waals surface area contributed by atoms with Crippen molar-refractivity contribution in [1.29, 1.82) is 0 Å². The molecule has 0 unspecified atom stereocenters. The molecule has 1 aliphatic rings. The summed E-state index contributed by atoms with van der Waals surface area (Å²) in [5.74, 6) is 0.955. The quantitative estimate of drug-likeness (QED) is 0.789.